The van der Waals surface area contributed by atoms with Crippen LogP contribution in [0.2, 0.25) is 0 Å². The molecule has 0 N–H and O–H groups in total. The molecule has 1 aliphatic rings. The fourth-order valence-corrected chi connectivity index (χ4v) is 4.71. The first-order valence-corrected chi connectivity index (χ1v) is 11.8. The first-order valence-electron chi connectivity index (χ1n) is 9.95. The van der Waals surface area contributed by atoms with Gasteiger partial charge in [0.2, 0.25) is 10.0 Å². The predicted octanol–water partition coefficient (Wildman–Crippen LogP) is 4.25. The summed E-state index contributed by atoms with van der Waals surface area (Å²) >= 11 is 0. The highest BCUT2D eigenvalue weighted by atomic mass is 32.2. The van der Waals surface area contributed by atoms with Crippen LogP contribution in [0.15, 0.2) is 78.9 Å². The molecule has 1 aliphatic heterocycles. The summed E-state index contributed by atoms with van der Waals surface area (Å²) < 4.78 is 26.1. The normalized spacial score (nSPS) is 13.6. The number of fused-ring (bicyclic) bond motifs is 1. The van der Waals surface area contributed by atoms with Crippen LogP contribution in [0.3, 0.4) is 0 Å². The van der Waals surface area contributed by atoms with Gasteiger partial charge in [-0.3, -0.25) is 9.10 Å². The Labute approximate surface area is 177 Å². The summed E-state index contributed by atoms with van der Waals surface area (Å²) in [4.78, 5) is 14.9. The largest absolute Gasteiger partial charge is 0.308 e. The fraction of sp³-hybridized carbons (Fsp3) is 0.208. The number of nitrogens with zero attached hydrogens (tertiary/aromatic N) is 2. The number of anilines is 2. The Morgan fingerprint density at radius 3 is 2.30 bits per heavy atom. The van der Waals surface area contributed by atoms with E-state index in [9.17, 15) is 13.2 Å². The van der Waals surface area contributed by atoms with Crippen molar-refractivity contribution in [2.75, 3.05) is 22.0 Å². The summed E-state index contributed by atoms with van der Waals surface area (Å²) in [7, 11) is -3.47. The average Bonchev–Trinajstić information content (AvgIpc) is 2.77. The SMILES string of the molecule is CS(=O)(=O)N(Cc1ccccc1)c1ccc(C(=O)N2CCCc3ccccc32)cc1. The minimum Gasteiger partial charge on any atom is -0.308 e. The lowest BCUT2D eigenvalue weighted by atomic mass is 10.0. The minimum absolute atomic E-state index is 0.0670. The number of rotatable bonds is 5. The topological polar surface area (TPSA) is 57.7 Å². The van der Waals surface area contributed by atoms with E-state index in [-0.39, 0.29) is 12.5 Å². The van der Waals surface area contributed by atoms with Crippen molar-refractivity contribution < 1.29 is 13.2 Å². The molecule has 1 amide bonds. The van der Waals surface area contributed by atoms with Crippen LogP contribution in [0, 0.1) is 0 Å². The van der Waals surface area contributed by atoms with Crippen LogP contribution in [0.25, 0.3) is 0 Å². The molecule has 1 heterocycles. The molecular formula is C24H24N2O3S. The Morgan fingerprint density at radius 1 is 0.933 bits per heavy atom. The Bertz CT molecular complexity index is 1140. The zero-order chi connectivity index (χ0) is 21.1. The molecule has 0 aromatic heterocycles. The van der Waals surface area contributed by atoms with Gasteiger partial charge in [-0.15, -0.1) is 0 Å². The molecule has 0 spiro atoms. The van der Waals surface area contributed by atoms with Crippen molar-refractivity contribution in [1.82, 2.24) is 0 Å². The van der Waals surface area contributed by atoms with Gasteiger partial charge in [0.15, 0.2) is 0 Å². The van der Waals surface area contributed by atoms with Gasteiger partial charge in [0.25, 0.3) is 5.91 Å². The number of benzene rings is 3. The first kappa shape index (κ1) is 20.2. The second-order valence-electron chi connectivity index (χ2n) is 7.49. The number of hydrogen-bond acceptors (Lipinski definition) is 3. The number of aryl methyl sites for hydroxylation is 1. The summed E-state index contributed by atoms with van der Waals surface area (Å²) in [6, 6.07) is 24.2. The van der Waals surface area contributed by atoms with Crippen molar-refractivity contribution in [2.24, 2.45) is 0 Å². The van der Waals surface area contributed by atoms with E-state index in [4.69, 9.17) is 0 Å². The first-order chi connectivity index (χ1) is 14.4. The van der Waals surface area contributed by atoms with E-state index in [0.717, 1.165) is 24.1 Å². The number of para-hydroxylation sites is 1. The molecule has 3 aromatic carbocycles. The molecule has 4 rings (SSSR count). The van der Waals surface area contributed by atoms with Crippen molar-refractivity contribution >= 4 is 27.3 Å². The fourth-order valence-electron chi connectivity index (χ4n) is 3.82. The Kier molecular flexibility index (Phi) is 5.59. The van der Waals surface area contributed by atoms with E-state index in [2.05, 4.69) is 6.07 Å². The predicted molar refractivity (Wildman–Crippen MR) is 120 cm³/mol. The molecule has 154 valence electrons. The minimum atomic E-state index is -3.47. The summed E-state index contributed by atoms with van der Waals surface area (Å²) in [5.74, 6) is -0.0670. The van der Waals surface area contributed by atoms with Crippen molar-refractivity contribution in [3.63, 3.8) is 0 Å². The van der Waals surface area contributed by atoms with E-state index in [0.29, 0.717) is 17.8 Å². The average molecular weight is 421 g/mol. The van der Waals surface area contributed by atoms with E-state index in [1.54, 1.807) is 24.3 Å². The Morgan fingerprint density at radius 2 is 1.60 bits per heavy atom. The summed E-state index contributed by atoms with van der Waals surface area (Å²) in [6.45, 7) is 0.924. The lowest BCUT2D eigenvalue weighted by Gasteiger charge is -2.29. The molecule has 0 fully saturated rings. The highest BCUT2D eigenvalue weighted by molar-refractivity contribution is 7.92. The molecule has 0 saturated carbocycles. The maximum atomic E-state index is 13.1. The second kappa shape index (κ2) is 8.32. The molecular weight excluding hydrogens is 396 g/mol. The van der Waals surface area contributed by atoms with Gasteiger partial charge in [-0.2, -0.15) is 0 Å². The summed E-state index contributed by atoms with van der Waals surface area (Å²) in [6.07, 6.45) is 3.10. The zero-order valence-corrected chi connectivity index (χ0v) is 17.7. The molecule has 5 nitrogen and oxygen atoms in total. The highest BCUT2D eigenvalue weighted by Crippen LogP contribution is 2.29. The van der Waals surface area contributed by atoms with Gasteiger partial charge in [0.05, 0.1) is 18.5 Å². The van der Waals surface area contributed by atoms with E-state index in [1.165, 1.54) is 16.1 Å². The van der Waals surface area contributed by atoms with Gasteiger partial charge in [0.1, 0.15) is 0 Å². The number of amides is 1. The van der Waals surface area contributed by atoms with Gasteiger partial charge >= 0.3 is 0 Å². The molecule has 30 heavy (non-hydrogen) atoms. The lowest BCUT2D eigenvalue weighted by molar-refractivity contribution is 0.0985. The third kappa shape index (κ3) is 4.24. The van der Waals surface area contributed by atoms with E-state index in [1.807, 2.05) is 53.4 Å². The third-order valence-electron chi connectivity index (χ3n) is 5.33. The standard InChI is InChI=1S/C24H24N2O3S/c1-30(28,29)26(18-19-8-3-2-4-9-19)22-15-13-21(14-16-22)24(27)25-17-7-11-20-10-5-6-12-23(20)25/h2-6,8-10,12-16H,7,11,17-18H2,1H3. The molecule has 0 aliphatic carbocycles. The Hall–Kier alpha value is -3.12. The quantitative estimate of drug-likeness (QED) is 0.620. The van der Waals surface area contributed by atoms with Crippen LogP contribution < -0.4 is 9.21 Å². The van der Waals surface area contributed by atoms with Crippen LogP contribution in [0.4, 0.5) is 11.4 Å². The van der Waals surface area contributed by atoms with Crippen LogP contribution in [-0.4, -0.2) is 27.1 Å². The van der Waals surface area contributed by atoms with Gasteiger partial charge in [0, 0.05) is 17.8 Å². The number of sulfonamides is 1. The van der Waals surface area contributed by atoms with Crippen LogP contribution >= 0.6 is 0 Å². The lowest BCUT2D eigenvalue weighted by Crippen LogP contribution is -2.35. The Balaban J connectivity index is 1.59. The monoisotopic (exact) mass is 420 g/mol. The van der Waals surface area contributed by atoms with Crippen molar-refractivity contribution in [1.29, 1.82) is 0 Å². The van der Waals surface area contributed by atoms with Gasteiger partial charge < -0.3 is 4.90 Å². The zero-order valence-electron chi connectivity index (χ0n) is 16.9. The van der Waals surface area contributed by atoms with Gasteiger partial charge in [-0.25, -0.2) is 8.42 Å². The van der Waals surface area contributed by atoms with Crippen molar-refractivity contribution in [3.8, 4) is 0 Å². The molecule has 0 unspecified atom stereocenters. The summed E-state index contributed by atoms with van der Waals surface area (Å²) in [5, 5.41) is 0. The molecule has 0 saturated heterocycles. The van der Waals surface area contributed by atoms with Gasteiger partial charge in [-0.05, 0) is 54.3 Å². The van der Waals surface area contributed by atoms with Crippen molar-refractivity contribution in [2.45, 2.75) is 19.4 Å². The number of hydrogen-bond donors (Lipinski definition) is 0. The van der Waals surface area contributed by atoms with Crippen LogP contribution in [-0.2, 0) is 23.0 Å². The molecule has 0 bridgehead atoms. The summed E-state index contributed by atoms with van der Waals surface area (Å²) in [5.41, 5.74) is 4.12. The third-order valence-corrected chi connectivity index (χ3v) is 6.47. The number of carbonyl (C=O) groups is 1. The van der Waals surface area contributed by atoms with Crippen LogP contribution in [0.5, 0.6) is 0 Å². The smallest absolute Gasteiger partial charge is 0.258 e. The van der Waals surface area contributed by atoms with Gasteiger partial charge in [-0.1, -0.05) is 48.5 Å². The number of carbonyl (C=O) groups excluding carboxylic acids is 1. The maximum absolute atomic E-state index is 13.1. The molecule has 6 heteroatoms. The van der Waals surface area contributed by atoms with E-state index < -0.39 is 10.0 Å². The second-order valence-corrected chi connectivity index (χ2v) is 9.40. The molecule has 3 aromatic rings. The highest BCUT2D eigenvalue weighted by Gasteiger charge is 2.24. The molecule has 0 radical (unpaired) electrons. The van der Waals surface area contributed by atoms with Crippen LogP contribution in [0.1, 0.15) is 27.9 Å². The maximum Gasteiger partial charge on any atom is 0.258 e. The van der Waals surface area contributed by atoms with E-state index >= 15 is 0 Å². The molecule has 0 atom stereocenters. The van der Waals surface area contributed by atoms with Crippen molar-refractivity contribution in [3.05, 3.63) is 95.6 Å².